The molecule has 822 valence electrons. The Morgan fingerprint density at radius 1 is 0.203 bits per heavy atom. The van der Waals surface area contributed by atoms with Crippen molar-refractivity contribution in [1.29, 1.82) is 0 Å². The number of aryl methyl sites for hydroxylation is 4. The number of hydrogen-bond donors (Lipinski definition) is 0. The molecule has 2 aliphatic heterocycles. The van der Waals surface area contributed by atoms with E-state index in [0.717, 1.165) is 143 Å². The number of benzene rings is 4. The number of rotatable bonds is 87. The zero-order valence-corrected chi connectivity index (χ0v) is 98.9. The van der Waals surface area contributed by atoms with Crippen LogP contribution in [0.4, 0.5) is 0 Å². The molecule has 0 aromatic heterocycles. The Balaban J connectivity index is 0. The van der Waals surface area contributed by atoms with Crippen molar-refractivity contribution < 1.29 is 42.4 Å². The molecule has 0 saturated carbocycles. The zero-order valence-electron chi connectivity index (χ0n) is 96.9. The van der Waals surface area contributed by atoms with Crippen LogP contribution in [0.5, 0.6) is 0 Å². The van der Waals surface area contributed by atoms with Crippen LogP contribution in [0.3, 0.4) is 0 Å². The molecule has 2 aliphatic rings. The van der Waals surface area contributed by atoms with Gasteiger partial charge in [-0.15, -0.1) is 0 Å². The van der Waals surface area contributed by atoms with E-state index < -0.39 is 0 Å². The van der Waals surface area contributed by atoms with E-state index in [1.807, 2.05) is 0 Å². The monoisotopic (exact) mass is 2050 g/mol. The molecule has 0 aliphatic carbocycles. The summed E-state index contributed by atoms with van der Waals surface area (Å²) in [4.78, 5) is 0. The summed E-state index contributed by atoms with van der Waals surface area (Å²) in [5, 5.41) is 0. The first-order valence-corrected chi connectivity index (χ1v) is 62.1. The van der Waals surface area contributed by atoms with Crippen LogP contribution >= 0.6 is 0 Å². The summed E-state index contributed by atoms with van der Waals surface area (Å²) in [6, 6.07) is 35.4. The molecule has 0 bridgehead atoms. The van der Waals surface area contributed by atoms with E-state index in [0.29, 0.717) is 0 Å². The zero-order chi connectivity index (χ0) is 103. The normalized spacial score (nSPS) is 12.4. The van der Waals surface area contributed by atoms with Gasteiger partial charge in [0.05, 0.1) is 0 Å². The minimum atomic E-state index is 0. The van der Waals surface area contributed by atoms with Gasteiger partial charge in [0.2, 0.25) is 22.8 Å². The molecule has 0 unspecified atom stereocenters. The second kappa shape index (κ2) is 107. The van der Waals surface area contributed by atoms with Gasteiger partial charge in [0, 0.05) is 44.5 Å². The molecule has 4 aromatic rings. The quantitative estimate of drug-likeness (QED) is 0.0139. The molecule has 0 N–H and O–H groups in total. The first-order valence-electron chi connectivity index (χ1n) is 62.1. The molecule has 0 radical (unpaired) electrons. The van der Waals surface area contributed by atoms with Crippen LogP contribution in [-0.4, -0.2) is 9.39 Å². The molecule has 6 rings (SSSR count). The van der Waals surface area contributed by atoms with Crippen LogP contribution < -0.4 is 0 Å². The van der Waals surface area contributed by atoms with E-state index >= 15 is 0 Å². The van der Waals surface area contributed by atoms with Gasteiger partial charge in [0.1, 0.15) is 0 Å². The number of nitrogens with zero attached hydrogens (tertiary/aromatic N) is 4. The van der Waals surface area contributed by atoms with Crippen molar-refractivity contribution in [1.82, 2.24) is 0 Å². The molecule has 4 nitrogen and oxygen atoms in total. The van der Waals surface area contributed by atoms with Crippen molar-refractivity contribution in [2.45, 2.75) is 629 Å². The number of unbranched alkanes of at least 4 members (excludes halogenated alkanes) is 67. The molecule has 0 fully saturated rings. The fraction of sp³-hybridized carbons (Fsp3) is 0.708. The predicted molar refractivity (Wildman–Crippen MR) is 637 cm³/mol. The van der Waals surface area contributed by atoms with E-state index in [2.05, 4.69) is 232 Å². The van der Waals surface area contributed by atoms with Crippen LogP contribution in [-0.2, 0) is 58.7 Å². The topological polar surface area (TPSA) is 50.6 Å². The Kier molecular flexibility index (Phi) is 105. The van der Waals surface area contributed by atoms with Gasteiger partial charge in [0.25, 0.3) is 0 Å². The van der Waals surface area contributed by atoms with Crippen molar-refractivity contribution in [2.75, 3.05) is 0 Å². The second-order valence-corrected chi connectivity index (χ2v) is 42.5. The minimum absolute atomic E-state index is 0. The van der Waals surface area contributed by atoms with Gasteiger partial charge >= 0.3 is 33.0 Å². The average molecular weight is 2050 g/mol. The maximum atomic E-state index is 12.2. The van der Waals surface area contributed by atoms with E-state index in [-0.39, 0.29) is 33.0 Å². The van der Waals surface area contributed by atoms with Gasteiger partial charge in [0.15, 0.2) is 0 Å². The summed E-state index contributed by atoms with van der Waals surface area (Å²) in [5.74, 6) is 0. The third kappa shape index (κ3) is 74.2. The third-order valence-electron chi connectivity index (χ3n) is 29.3. The van der Waals surface area contributed by atoms with E-state index in [4.69, 9.17) is 0 Å². The molecule has 0 atom stereocenters. The smallest absolute Gasteiger partial charge is 0.493 e. The molecule has 6 heteroatoms. The van der Waals surface area contributed by atoms with E-state index in [9.17, 15) is 11.1 Å². The standard InChI is InChI=1S/C69H114N2.C30H40N2.2C11H23.2C8H17.2Ni/c1-5-8-11-13-15-17-19-21-23-25-27-29-31-33-35-37-39-41-43-45-47-49-55-63-57-51-53-60-66(63)68-62(4)65(59-10-7-3)69(71(68)70)67-61-54-52-58-64(67)56-50-48-46-44-42-40-38-36-34-32-30-28-26-24-22-20-18-16-14-12-9-6-2;1-5-8-11-14-28-23(4)29(26-19-15-24(16-20-26)12-9-6-2)32(31)30(28)27-21-17-25(18-22-27)13-10-7-3;2*1-3-5-7-9-11-10-8-6-4-2;2*1-3-5-7-8-6-4-2;;/h43-46,51-54,57-58,60-61H,5-42,47-50,55-56,59H2,1-4H3;15-22H,5-14H2,1-4H3;2*1,3-11H2,2H3;2*1,3-8H2,2H3;;/q;;4*-1;2*+2. The maximum Gasteiger partial charge on any atom is 2.00 e. The first-order chi connectivity index (χ1) is 69.4. The van der Waals surface area contributed by atoms with Crippen molar-refractivity contribution in [3.63, 3.8) is 0 Å². The van der Waals surface area contributed by atoms with Crippen LogP contribution in [0.25, 0.3) is 33.9 Å². The van der Waals surface area contributed by atoms with Crippen molar-refractivity contribution in [3.05, 3.63) is 227 Å². The van der Waals surface area contributed by atoms with Gasteiger partial charge in [-0.1, -0.05) is 559 Å². The Morgan fingerprint density at radius 3 is 0.699 bits per heavy atom. The summed E-state index contributed by atoms with van der Waals surface area (Å²) in [5.41, 5.74) is 42.6. The maximum absolute atomic E-state index is 12.2. The molecular weight excluding hydrogens is 1820 g/mol. The average Bonchev–Trinajstić information content (AvgIpc) is 1.61. The van der Waals surface area contributed by atoms with Crippen LogP contribution in [0.1, 0.15) is 648 Å². The first kappa shape index (κ1) is 141. The second-order valence-electron chi connectivity index (χ2n) is 42.5. The van der Waals surface area contributed by atoms with Crippen LogP contribution in [0.2, 0.25) is 0 Å². The van der Waals surface area contributed by atoms with E-state index in [1.54, 1.807) is 4.70 Å². The van der Waals surface area contributed by atoms with Crippen molar-refractivity contribution in [2.24, 2.45) is 0 Å². The Hall–Kier alpha value is -4.49. The summed E-state index contributed by atoms with van der Waals surface area (Å²) < 4.78 is 3.04. The molecule has 4 aromatic carbocycles. The fourth-order valence-corrected chi connectivity index (χ4v) is 20.0. The largest absolute Gasteiger partial charge is 2.00 e. The summed E-state index contributed by atoms with van der Waals surface area (Å²) in [7, 11) is 0. The molecule has 0 saturated heterocycles. The van der Waals surface area contributed by atoms with Gasteiger partial charge in [-0.05, 0) is 188 Å². The number of allylic oxidation sites excluding steroid dienone is 8. The van der Waals surface area contributed by atoms with Crippen molar-refractivity contribution in [3.8, 4) is 0 Å². The Bertz CT molecular complexity index is 3590. The summed E-state index contributed by atoms with van der Waals surface area (Å²) in [6.45, 7) is 42.3. The fourth-order valence-electron chi connectivity index (χ4n) is 20.0. The molecule has 0 amide bonds. The molecule has 2 heterocycles. The minimum Gasteiger partial charge on any atom is -0.493 e. The molecular formula is C137H234N4Ni2. The van der Waals surface area contributed by atoms with Gasteiger partial charge in [-0.3, -0.25) is 0 Å². The SMILES string of the molecule is CCCCCC1=C(c2ccc(CCCC)cc2)[N+](=[N-])C(c2ccc(CCCC)cc2)=C1C.CCCCCCCCCCCCCCCCCCCC=CCCCc1ccccc1C1=C(C)C(CCCC)=C(c2ccccc2CCCC=CCCCCCCCCCCCCCCCCCCC)[N+]1=[N-].[CH2-]CCCCCCC.[CH2-]CCCCCCC.[CH2-]CCCCCCCCCC.[CH2-]CCCCCCCCCC.[Ni+2].[Ni+2]. The summed E-state index contributed by atoms with van der Waals surface area (Å²) in [6.07, 6.45) is 123. The Labute approximate surface area is 914 Å². The Morgan fingerprint density at radius 2 is 0.413 bits per heavy atom. The number of hydrogen-bond acceptors (Lipinski definition) is 0. The van der Waals surface area contributed by atoms with Gasteiger partial charge < -0.3 is 38.8 Å². The third-order valence-corrected chi connectivity index (χ3v) is 29.3. The van der Waals surface area contributed by atoms with Gasteiger partial charge in [-0.25, -0.2) is 9.39 Å². The van der Waals surface area contributed by atoms with E-state index in [1.165, 1.54) is 497 Å². The molecule has 143 heavy (non-hydrogen) atoms. The predicted octanol–water partition coefficient (Wildman–Crippen LogP) is 48.1. The molecule has 0 spiro atoms. The van der Waals surface area contributed by atoms with Gasteiger partial charge in [-0.2, -0.15) is 25.7 Å². The summed E-state index contributed by atoms with van der Waals surface area (Å²) >= 11 is 0. The van der Waals surface area contributed by atoms with Crippen molar-refractivity contribution >= 4 is 22.8 Å². The van der Waals surface area contributed by atoms with Crippen LogP contribution in [0.15, 0.2) is 144 Å². The van der Waals surface area contributed by atoms with Crippen LogP contribution in [0, 0.1) is 27.7 Å².